The Morgan fingerprint density at radius 2 is 2.32 bits per heavy atom. The first-order valence-electron chi connectivity index (χ1n) is 7.15. The van der Waals surface area contributed by atoms with E-state index >= 15 is 0 Å². The number of aryl methyl sites for hydroxylation is 1. The van der Waals surface area contributed by atoms with Crippen molar-refractivity contribution in [2.45, 2.75) is 39.2 Å². The van der Waals surface area contributed by atoms with E-state index in [4.69, 9.17) is 5.73 Å². The van der Waals surface area contributed by atoms with Crippen molar-refractivity contribution in [2.24, 2.45) is 11.7 Å². The molecule has 104 valence electrons. The average molecular weight is 260 g/mol. The van der Waals surface area contributed by atoms with Crippen LogP contribution in [-0.2, 0) is 11.2 Å². The van der Waals surface area contributed by atoms with Gasteiger partial charge in [0.1, 0.15) is 0 Å². The van der Waals surface area contributed by atoms with Crippen molar-refractivity contribution in [3.05, 3.63) is 35.4 Å². The first-order chi connectivity index (χ1) is 9.06. The number of hydrogen-bond donors (Lipinski definition) is 1. The number of carbonyl (C=O) groups excluding carboxylic acids is 1. The number of piperidine rings is 1. The van der Waals surface area contributed by atoms with Gasteiger partial charge in [0.05, 0.1) is 6.42 Å². The number of nitrogens with zero attached hydrogens (tertiary/aromatic N) is 1. The topological polar surface area (TPSA) is 46.3 Å². The van der Waals surface area contributed by atoms with Gasteiger partial charge in [-0.1, -0.05) is 29.8 Å². The lowest BCUT2D eigenvalue weighted by Crippen LogP contribution is -2.45. The Bertz CT molecular complexity index is 442. The SMILES string of the molecule is Cc1cccc(CC(=O)N2CCC[C@H]([C@H](C)N)C2)c1. The molecule has 1 aliphatic rings. The molecule has 0 spiro atoms. The van der Waals surface area contributed by atoms with Gasteiger partial charge in [0.15, 0.2) is 0 Å². The summed E-state index contributed by atoms with van der Waals surface area (Å²) in [6.45, 7) is 5.80. The van der Waals surface area contributed by atoms with Crippen LogP contribution in [0, 0.1) is 12.8 Å². The molecular weight excluding hydrogens is 236 g/mol. The molecular formula is C16H24N2O. The van der Waals surface area contributed by atoms with Crippen molar-refractivity contribution in [2.75, 3.05) is 13.1 Å². The fourth-order valence-corrected chi connectivity index (χ4v) is 2.77. The molecule has 1 aromatic carbocycles. The second kappa shape index (κ2) is 6.20. The fourth-order valence-electron chi connectivity index (χ4n) is 2.77. The van der Waals surface area contributed by atoms with Crippen molar-refractivity contribution >= 4 is 5.91 Å². The first kappa shape index (κ1) is 14.1. The van der Waals surface area contributed by atoms with E-state index in [1.54, 1.807) is 0 Å². The molecule has 0 bridgehead atoms. The van der Waals surface area contributed by atoms with Gasteiger partial charge in [0.25, 0.3) is 0 Å². The number of likely N-dealkylation sites (tertiary alicyclic amines) is 1. The highest BCUT2D eigenvalue weighted by atomic mass is 16.2. The highest BCUT2D eigenvalue weighted by Crippen LogP contribution is 2.19. The summed E-state index contributed by atoms with van der Waals surface area (Å²) in [5, 5.41) is 0. The molecule has 19 heavy (non-hydrogen) atoms. The maximum Gasteiger partial charge on any atom is 0.226 e. The first-order valence-corrected chi connectivity index (χ1v) is 7.15. The minimum atomic E-state index is 0.176. The van der Waals surface area contributed by atoms with Crippen LogP contribution in [0.2, 0.25) is 0 Å². The zero-order valence-corrected chi connectivity index (χ0v) is 11.9. The van der Waals surface area contributed by atoms with Crippen molar-refractivity contribution in [1.82, 2.24) is 4.90 Å². The lowest BCUT2D eigenvalue weighted by molar-refractivity contribution is -0.132. The van der Waals surface area contributed by atoms with Gasteiger partial charge in [-0.05, 0) is 38.2 Å². The van der Waals surface area contributed by atoms with E-state index in [0.29, 0.717) is 12.3 Å². The predicted octanol–water partition coefficient (Wildman–Crippen LogP) is 2.12. The molecule has 0 aromatic heterocycles. The maximum atomic E-state index is 12.3. The van der Waals surface area contributed by atoms with Gasteiger partial charge in [-0.3, -0.25) is 4.79 Å². The van der Waals surface area contributed by atoms with E-state index in [1.165, 1.54) is 5.56 Å². The molecule has 3 heteroatoms. The van der Waals surface area contributed by atoms with E-state index in [-0.39, 0.29) is 11.9 Å². The molecule has 0 radical (unpaired) electrons. The Labute approximate surface area is 115 Å². The fraction of sp³-hybridized carbons (Fsp3) is 0.562. The van der Waals surface area contributed by atoms with Gasteiger partial charge >= 0.3 is 0 Å². The normalized spacial score (nSPS) is 21.2. The summed E-state index contributed by atoms with van der Waals surface area (Å²) in [4.78, 5) is 14.3. The lowest BCUT2D eigenvalue weighted by Gasteiger charge is -2.34. The van der Waals surface area contributed by atoms with Crippen LogP contribution < -0.4 is 5.73 Å². The summed E-state index contributed by atoms with van der Waals surface area (Å²) in [5.74, 6) is 0.686. The van der Waals surface area contributed by atoms with E-state index in [1.807, 2.05) is 24.0 Å². The van der Waals surface area contributed by atoms with Crippen LogP contribution in [0.3, 0.4) is 0 Å². The second-order valence-corrected chi connectivity index (χ2v) is 5.77. The largest absolute Gasteiger partial charge is 0.342 e. The quantitative estimate of drug-likeness (QED) is 0.905. The van der Waals surface area contributed by atoms with E-state index < -0.39 is 0 Å². The predicted molar refractivity (Wildman–Crippen MR) is 77.8 cm³/mol. The minimum absolute atomic E-state index is 0.176. The minimum Gasteiger partial charge on any atom is -0.342 e. The zero-order valence-electron chi connectivity index (χ0n) is 11.9. The van der Waals surface area contributed by atoms with Crippen LogP contribution in [0.1, 0.15) is 30.9 Å². The molecule has 2 N–H and O–H groups in total. The lowest BCUT2D eigenvalue weighted by atomic mass is 9.92. The van der Waals surface area contributed by atoms with Crippen LogP contribution in [-0.4, -0.2) is 29.9 Å². The molecule has 1 saturated heterocycles. The molecule has 1 heterocycles. The third-order valence-electron chi connectivity index (χ3n) is 3.99. The maximum absolute atomic E-state index is 12.3. The number of carbonyl (C=O) groups is 1. The third kappa shape index (κ3) is 3.80. The standard InChI is InChI=1S/C16H24N2O/c1-12-5-3-6-14(9-12)10-16(19)18-8-4-7-15(11-18)13(2)17/h3,5-6,9,13,15H,4,7-8,10-11,17H2,1-2H3/t13-,15-/m0/s1. The molecule has 2 rings (SSSR count). The van der Waals surface area contributed by atoms with Crippen LogP contribution in [0.15, 0.2) is 24.3 Å². The van der Waals surface area contributed by atoms with Crippen LogP contribution in [0.4, 0.5) is 0 Å². The van der Waals surface area contributed by atoms with Crippen molar-refractivity contribution < 1.29 is 4.79 Å². The second-order valence-electron chi connectivity index (χ2n) is 5.77. The average Bonchev–Trinajstić information content (AvgIpc) is 2.39. The molecule has 0 aliphatic carbocycles. The van der Waals surface area contributed by atoms with Crippen LogP contribution in [0.5, 0.6) is 0 Å². The van der Waals surface area contributed by atoms with Gasteiger partial charge < -0.3 is 10.6 Å². The Hall–Kier alpha value is -1.35. The number of nitrogens with two attached hydrogens (primary N) is 1. The molecule has 0 saturated carbocycles. The van der Waals surface area contributed by atoms with Crippen molar-refractivity contribution in [3.8, 4) is 0 Å². The molecule has 1 aliphatic heterocycles. The number of amides is 1. The number of benzene rings is 1. The van der Waals surface area contributed by atoms with Gasteiger partial charge in [-0.2, -0.15) is 0 Å². The summed E-state index contributed by atoms with van der Waals surface area (Å²) in [7, 11) is 0. The van der Waals surface area contributed by atoms with E-state index in [9.17, 15) is 4.79 Å². The summed E-state index contributed by atoms with van der Waals surface area (Å²) >= 11 is 0. The van der Waals surface area contributed by atoms with Gasteiger partial charge in [0.2, 0.25) is 5.91 Å². The van der Waals surface area contributed by atoms with Crippen LogP contribution >= 0.6 is 0 Å². The summed E-state index contributed by atoms with van der Waals surface area (Å²) in [6.07, 6.45) is 2.73. The number of hydrogen-bond acceptors (Lipinski definition) is 2. The number of rotatable bonds is 3. The molecule has 0 unspecified atom stereocenters. The third-order valence-corrected chi connectivity index (χ3v) is 3.99. The highest BCUT2D eigenvalue weighted by Gasteiger charge is 2.25. The highest BCUT2D eigenvalue weighted by molar-refractivity contribution is 5.78. The van der Waals surface area contributed by atoms with Gasteiger partial charge in [-0.15, -0.1) is 0 Å². The molecule has 1 aromatic rings. The molecule has 3 nitrogen and oxygen atoms in total. The van der Waals surface area contributed by atoms with Crippen LogP contribution in [0.25, 0.3) is 0 Å². The smallest absolute Gasteiger partial charge is 0.226 e. The van der Waals surface area contributed by atoms with E-state index in [0.717, 1.165) is 31.5 Å². The Kier molecular flexibility index (Phi) is 4.59. The Morgan fingerprint density at radius 3 is 3.00 bits per heavy atom. The monoisotopic (exact) mass is 260 g/mol. The molecule has 1 amide bonds. The molecule has 1 fully saturated rings. The Morgan fingerprint density at radius 1 is 1.53 bits per heavy atom. The van der Waals surface area contributed by atoms with E-state index in [2.05, 4.69) is 19.1 Å². The van der Waals surface area contributed by atoms with Gasteiger partial charge in [0, 0.05) is 19.1 Å². The van der Waals surface area contributed by atoms with Crippen molar-refractivity contribution in [3.63, 3.8) is 0 Å². The van der Waals surface area contributed by atoms with Gasteiger partial charge in [-0.25, -0.2) is 0 Å². The Balaban J connectivity index is 1.96. The molecule has 2 atom stereocenters. The summed E-state index contributed by atoms with van der Waals surface area (Å²) < 4.78 is 0. The summed E-state index contributed by atoms with van der Waals surface area (Å²) in [6, 6.07) is 8.36. The van der Waals surface area contributed by atoms with Crippen molar-refractivity contribution in [1.29, 1.82) is 0 Å². The summed E-state index contributed by atoms with van der Waals surface area (Å²) in [5.41, 5.74) is 8.27. The zero-order chi connectivity index (χ0) is 13.8.